The van der Waals surface area contributed by atoms with Crippen LogP contribution >= 0.6 is 11.6 Å². The van der Waals surface area contributed by atoms with Crippen molar-refractivity contribution in [1.82, 2.24) is 0 Å². The molecule has 102 valence electrons. The average molecular weight is 285 g/mol. The van der Waals surface area contributed by atoms with Crippen LogP contribution in [0.15, 0.2) is 18.2 Å². The first kappa shape index (κ1) is 15.1. The fourth-order valence-electron chi connectivity index (χ4n) is 1.20. The maximum absolute atomic E-state index is 11.7. The quantitative estimate of drug-likeness (QED) is 0.843. The molecular weight excluding hydrogens is 273 g/mol. The van der Waals surface area contributed by atoms with Crippen LogP contribution in [0.3, 0.4) is 0 Å². The second-order valence-electron chi connectivity index (χ2n) is 3.51. The number of benzene rings is 1. The van der Waals surface area contributed by atoms with Crippen LogP contribution in [0, 0.1) is 0 Å². The molecule has 0 aliphatic carbocycles. The molecule has 1 atom stereocenters. The van der Waals surface area contributed by atoms with Gasteiger partial charge in [0, 0.05) is 0 Å². The Kier molecular flexibility index (Phi) is 5.25. The van der Waals surface area contributed by atoms with E-state index < -0.39 is 19.1 Å². The fraction of sp³-hybridized carbons (Fsp3) is 0.455. The molecule has 0 heterocycles. The minimum Gasteiger partial charge on any atom is -0.490 e. The van der Waals surface area contributed by atoms with Crippen LogP contribution < -0.4 is 4.74 Å². The maximum atomic E-state index is 11.7. The van der Waals surface area contributed by atoms with E-state index in [-0.39, 0.29) is 17.4 Å². The second kappa shape index (κ2) is 6.26. The van der Waals surface area contributed by atoms with Gasteiger partial charge in [-0.3, -0.25) is 4.74 Å². The summed E-state index contributed by atoms with van der Waals surface area (Å²) in [6.07, 6.45) is -5.34. The van der Waals surface area contributed by atoms with Crippen LogP contribution in [0.5, 0.6) is 5.75 Å². The minimum absolute atomic E-state index is 0.223. The van der Waals surface area contributed by atoms with Crippen molar-refractivity contribution in [3.8, 4) is 5.75 Å². The van der Waals surface area contributed by atoms with Crippen molar-refractivity contribution in [2.24, 2.45) is 0 Å². The van der Waals surface area contributed by atoms with E-state index in [0.29, 0.717) is 5.56 Å². The van der Waals surface area contributed by atoms with Crippen LogP contribution in [0.1, 0.15) is 18.6 Å². The Balaban J connectivity index is 2.48. The first-order valence-electron chi connectivity index (χ1n) is 5.10. The lowest BCUT2D eigenvalue weighted by Crippen LogP contribution is -2.18. The zero-order valence-corrected chi connectivity index (χ0v) is 10.3. The van der Waals surface area contributed by atoms with Crippen molar-refractivity contribution in [2.45, 2.75) is 19.4 Å². The minimum atomic E-state index is -4.66. The van der Waals surface area contributed by atoms with E-state index in [1.165, 1.54) is 12.1 Å². The maximum Gasteiger partial charge on any atom is 0.522 e. The van der Waals surface area contributed by atoms with Crippen molar-refractivity contribution < 1.29 is 27.8 Å². The first-order chi connectivity index (χ1) is 8.29. The van der Waals surface area contributed by atoms with Crippen LogP contribution in [0.4, 0.5) is 13.2 Å². The second-order valence-corrected chi connectivity index (χ2v) is 3.92. The molecule has 0 bridgehead atoms. The van der Waals surface area contributed by atoms with E-state index in [4.69, 9.17) is 16.3 Å². The average Bonchev–Trinajstić information content (AvgIpc) is 2.24. The highest BCUT2D eigenvalue weighted by Gasteiger charge is 2.28. The number of hydrogen-bond donors (Lipinski definition) is 1. The number of hydrogen-bond acceptors (Lipinski definition) is 3. The molecule has 7 heteroatoms. The predicted octanol–water partition coefficient (Wildman–Crippen LogP) is 3.31. The molecule has 0 fully saturated rings. The summed E-state index contributed by atoms with van der Waals surface area (Å²) in [6.45, 7) is 0.689. The van der Waals surface area contributed by atoms with Gasteiger partial charge in [0.2, 0.25) is 0 Å². The third kappa shape index (κ3) is 5.12. The molecule has 1 aromatic rings. The third-order valence-electron chi connectivity index (χ3n) is 2.04. The summed E-state index contributed by atoms with van der Waals surface area (Å²) in [4.78, 5) is 0. The van der Waals surface area contributed by atoms with E-state index in [0.717, 1.165) is 0 Å². The van der Waals surface area contributed by atoms with E-state index in [1.807, 2.05) is 0 Å². The summed E-state index contributed by atoms with van der Waals surface area (Å²) < 4.78 is 43.6. The molecule has 18 heavy (non-hydrogen) atoms. The van der Waals surface area contributed by atoms with Gasteiger partial charge in [-0.1, -0.05) is 17.7 Å². The topological polar surface area (TPSA) is 38.7 Å². The molecule has 0 spiro atoms. The highest BCUT2D eigenvalue weighted by atomic mass is 35.5. The molecule has 0 radical (unpaired) electrons. The molecule has 1 rings (SSSR count). The molecule has 1 aromatic carbocycles. The lowest BCUT2D eigenvalue weighted by molar-refractivity contribution is -0.325. The summed E-state index contributed by atoms with van der Waals surface area (Å²) in [7, 11) is 0. The molecule has 0 aliphatic rings. The molecule has 1 N–H and O–H groups in total. The van der Waals surface area contributed by atoms with Gasteiger partial charge in [-0.25, -0.2) is 0 Å². The molecule has 0 unspecified atom stereocenters. The molecule has 0 saturated heterocycles. The Morgan fingerprint density at radius 2 is 2.00 bits per heavy atom. The van der Waals surface area contributed by atoms with Crippen LogP contribution in [0.2, 0.25) is 5.02 Å². The number of aliphatic hydroxyl groups excluding tert-OH is 1. The number of halogens is 4. The lowest BCUT2D eigenvalue weighted by Gasteiger charge is -2.11. The molecule has 0 aliphatic heterocycles. The van der Waals surface area contributed by atoms with Crippen LogP contribution in [-0.2, 0) is 4.74 Å². The van der Waals surface area contributed by atoms with Gasteiger partial charge in [0.15, 0.2) is 0 Å². The third-order valence-corrected chi connectivity index (χ3v) is 2.34. The van der Waals surface area contributed by atoms with Gasteiger partial charge in [0.25, 0.3) is 0 Å². The zero-order chi connectivity index (χ0) is 13.8. The molecule has 0 aromatic heterocycles. The van der Waals surface area contributed by atoms with Crippen LogP contribution in [-0.4, -0.2) is 24.7 Å². The standard InChI is InChI=1S/C11H12ClF3O3/c1-7(16)8-2-3-10(9(12)6-8)17-4-5-18-11(13,14)15/h2-3,6-7,16H,4-5H2,1H3/t7-/m0/s1. The Labute approximate surface area is 107 Å². The predicted molar refractivity (Wildman–Crippen MR) is 59.6 cm³/mol. The lowest BCUT2D eigenvalue weighted by atomic mass is 10.1. The number of alkyl halides is 3. The van der Waals surface area contributed by atoms with E-state index in [2.05, 4.69) is 4.74 Å². The SMILES string of the molecule is C[C@H](O)c1ccc(OCCOC(F)(F)F)c(Cl)c1. The van der Waals surface area contributed by atoms with Gasteiger partial charge in [0.05, 0.1) is 17.7 Å². The molecule has 3 nitrogen and oxygen atoms in total. The highest BCUT2D eigenvalue weighted by molar-refractivity contribution is 6.32. The highest BCUT2D eigenvalue weighted by Crippen LogP contribution is 2.28. The summed E-state index contributed by atoms with van der Waals surface area (Å²) in [5, 5.41) is 9.52. The van der Waals surface area contributed by atoms with Crippen molar-refractivity contribution >= 4 is 11.6 Å². The first-order valence-corrected chi connectivity index (χ1v) is 5.48. The van der Waals surface area contributed by atoms with Crippen molar-refractivity contribution in [3.63, 3.8) is 0 Å². The largest absolute Gasteiger partial charge is 0.522 e. The Morgan fingerprint density at radius 1 is 1.33 bits per heavy atom. The van der Waals surface area contributed by atoms with E-state index >= 15 is 0 Å². The summed E-state index contributed by atoms with van der Waals surface area (Å²) >= 11 is 5.84. The molecule has 0 saturated carbocycles. The summed E-state index contributed by atoms with van der Waals surface area (Å²) in [5.41, 5.74) is 0.596. The monoisotopic (exact) mass is 284 g/mol. The van der Waals surface area contributed by atoms with Crippen LogP contribution in [0.25, 0.3) is 0 Å². The molecular formula is C11H12ClF3O3. The van der Waals surface area contributed by atoms with Crippen molar-refractivity contribution in [3.05, 3.63) is 28.8 Å². The molecule has 0 amide bonds. The Bertz CT molecular complexity index is 394. The van der Waals surface area contributed by atoms with E-state index in [1.54, 1.807) is 13.0 Å². The van der Waals surface area contributed by atoms with Gasteiger partial charge in [-0.2, -0.15) is 0 Å². The van der Waals surface area contributed by atoms with Gasteiger partial charge in [-0.15, -0.1) is 13.2 Å². The van der Waals surface area contributed by atoms with Gasteiger partial charge >= 0.3 is 6.36 Å². The zero-order valence-electron chi connectivity index (χ0n) is 9.50. The number of ether oxygens (including phenoxy) is 2. The fourth-order valence-corrected chi connectivity index (χ4v) is 1.45. The van der Waals surface area contributed by atoms with Gasteiger partial charge < -0.3 is 9.84 Å². The van der Waals surface area contributed by atoms with E-state index in [9.17, 15) is 18.3 Å². The summed E-state index contributed by atoms with van der Waals surface area (Å²) in [6, 6.07) is 4.56. The smallest absolute Gasteiger partial charge is 0.490 e. The van der Waals surface area contributed by atoms with Crippen molar-refractivity contribution in [2.75, 3.05) is 13.2 Å². The number of aliphatic hydroxyl groups is 1. The summed E-state index contributed by atoms with van der Waals surface area (Å²) in [5.74, 6) is 0.242. The van der Waals surface area contributed by atoms with Gasteiger partial charge in [-0.05, 0) is 24.6 Å². The number of rotatable bonds is 5. The van der Waals surface area contributed by atoms with Crippen molar-refractivity contribution in [1.29, 1.82) is 0 Å². The normalized spacial score (nSPS) is 13.4. The Hall–Kier alpha value is -0.980. The van der Waals surface area contributed by atoms with Gasteiger partial charge in [0.1, 0.15) is 12.4 Å². The Morgan fingerprint density at radius 3 is 2.50 bits per heavy atom.